The van der Waals surface area contributed by atoms with Crippen molar-refractivity contribution in [3.8, 4) is 0 Å². The molecule has 0 unspecified atom stereocenters. The highest BCUT2D eigenvalue weighted by Gasteiger charge is 2.62. The molecule has 1 aliphatic rings. The molecular weight excluding hydrogens is 466 g/mol. The maximum absolute atomic E-state index is 12.2. The molecular formula is C23H27NO11. The van der Waals surface area contributed by atoms with Crippen LogP contribution in [0.3, 0.4) is 0 Å². The molecule has 0 amide bonds. The quantitative estimate of drug-likeness (QED) is 0.351. The number of methoxy groups -OCH3 is 1. The number of aliphatic hydroxyl groups is 1. The second-order valence-electron chi connectivity index (χ2n) is 7.98. The van der Waals surface area contributed by atoms with Crippen LogP contribution in [0.4, 0.5) is 0 Å². The molecule has 35 heavy (non-hydrogen) atoms. The molecule has 1 saturated heterocycles. The van der Waals surface area contributed by atoms with Crippen molar-refractivity contribution in [3.63, 3.8) is 0 Å². The zero-order valence-corrected chi connectivity index (χ0v) is 19.6. The van der Waals surface area contributed by atoms with E-state index in [-0.39, 0.29) is 11.3 Å². The fourth-order valence-electron chi connectivity index (χ4n) is 4.43. The topological polar surface area (TPSA) is 171 Å². The molecule has 2 aromatic rings. The first-order chi connectivity index (χ1) is 16.5. The van der Waals surface area contributed by atoms with E-state index in [4.69, 9.17) is 23.7 Å². The molecule has 0 spiro atoms. The Bertz CT molecular complexity index is 1130. The molecule has 12 heteroatoms. The first-order valence-corrected chi connectivity index (χ1v) is 10.7. The summed E-state index contributed by atoms with van der Waals surface area (Å²) < 4.78 is 28.3. The Morgan fingerprint density at radius 3 is 2.14 bits per heavy atom. The Morgan fingerprint density at radius 2 is 1.60 bits per heavy atom. The molecule has 1 aromatic heterocycles. The van der Waals surface area contributed by atoms with Gasteiger partial charge in [-0.1, -0.05) is 18.2 Å². The summed E-state index contributed by atoms with van der Waals surface area (Å²) in [7, 11) is 1.23. The average Bonchev–Trinajstić information content (AvgIpc) is 3.13. The van der Waals surface area contributed by atoms with Gasteiger partial charge in [0, 0.05) is 50.0 Å². The monoisotopic (exact) mass is 493 g/mol. The van der Waals surface area contributed by atoms with Crippen LogP contribution in [0.25, 0.3) is 10.9 Å². The number of hydrogen-bond donors (Lipinski definition) is 3. The lowest BCUT2D eigenvalue weighted by atomic mass is 9.85. The number of ether oxygens (including phenoxy) is 5. The van der Waals surface area contributed by atoms with Crippen LogP contribution in [0, 0.1) is 0 Å². The first kappa shape index (κ1) is 26.1. The number of aliphatic hydroxyl groups excluding tert-OH is 1. The van der Waals surface area contributed by atoms with E-state index in [0.29, 0.717) is 10.9 Å². The van der Waals surface area contributed by atoms with E-state index in [2.05, 4.69) is 4.98 Å². The minimum Gasteiger partial charge on any atom is -0.481 e. The van der Waals surface area contributed by atoms with Crippen LogP contribution in [0.2, 0.25) is 0 Å². The summed E-state index contributed by atoms with van der Waals surface area (Å²) in [6.45, 7) is 2.62. The van der Waals surface area contributed by atoms with Crippen LogP contribution in [0.15, 0.2) is 24.3 Å². The second-order valence-corrected chi connectivity index (χ2v) is 7.98. The van der Waals surface area contributed by atoms with Crippen LogP contribution in [-0.4, -0.2) is 77.2 Å². The van der Waals surface area contributed by atoms with Crippen LogP contribution < -0.4 is 0 Å². The third-order valence-corrected chi connectivity index (χ3v) is 5.53. The van der Waals surface area contributed by atoms with Gasteiger partial charge in [-0.2, -0.15) is 0 Å². The molecule has 0 radical (unpaired) electrons. The van der Waals surface area contributed by atoms with Gasteiger partial charge in [0.15, 0.2) is 12.2 Å². The fraction of sp³-hybridized carbons (Fsp3) is 0.478. The zero-order chi connectivity index (χ0) is 25.9. The second kappa shape index (κ2) is 10.4. The lowest BCUT2D eigenvalue weighted by Crippen LogP contribution is -2.67. The largest absolute Gasteiger partial charge is 0.481 e. The Labute approximate surface area is 200 Å². The molecule has 0 aliphatic carbocycles. The van der Waals surface area contributed by atoms with Gasteiger partial charge in [-0.05, 0) is 6.07 Å². The molecule has 5 atom stereocenters. The number of carboxylic acid groups (broad SMARTS) is 1. The number of carbonyl (C=O) groups is 4. The van der Waals surface area contributed by atoms with Crippen molar-refractivity contribution in [2.45, 2.75) is 57.4 Å². The third-order valence-electron chi connectivity index (χ3n) is 5.53. The maximum atomic E-state index is 12.2. The lowest BCUT2D eigenvalue weighted by Gasteiger charge is -2.50. The Hall–Kier alpha value is -3.48. The van der Waals surface area contributed by atoms with Crippen molar-refractivity contribution in [1.29, 1.82) is 0 Å². The van der Waals surface area contributed by atoms with Gasteiger partial charge in [0.2, 0.25) is 11.9 Å². The standard InChI is InChI=1S/C23H27NO11/c1-11(26)32-20-17(10-25)35-23(31-4,22(34-13(3)28)21(20)33-12(2)27)19-14-7-5-6-8-15(14)24-16(19)9-18(29)30/h5-8,17,20-22,24-25H,9-10H2,1-4H3,(H,29,30)/t17-,20-,21+,22-,23-/m1/s1. The number of esters is 3. The molecule has 0 saturated carbocycles. The predicted octanol–water partition coefficient (Wildman–Crippen LogP) is 0.780. The maximum Gasteiger partial charge on any atom is 0.309 e. The molecule has 0 bridgehead atoms. The van der Waals surface area contributed by atoms with Crippen molar-refractivity contribution in [1.82, 2.24) is 4.98 Å². The van der Waals surface area contributed by atoms with Crippen LogP contribution in [0.5, 0.6) is 0 Å². The highest BCUT2D eigenvalue weighted by Crippen LogP contribution is 2.46. The van der Waals surface area contributed by atoms with Crippen LogP contribution in [0.1, 0.15) is 32.0 Å². The van der Waals surface area contributed by atoms with E-state index >= 15 is 0 Å². The minimum atomic E-state index is -2.07. The van der Waals surface area contributed by atoms with Crippen molar-refractivity contribution in [2.75, 3.05) is 13.7 Å². The SMILES string of the molecule is CO[C@]1(c2c(CC(=O)O)[nH]c3ccccc23)O[C@H](CO)[C@@H](OC(C)=O)[C@H](OC(C)=O)[C@H]1OC(C)=O. The number of aromatic nitrogens is 1. The van der Waals surface area contributed by atoms with Gasteiger partial charge in [0.05, 0.1) is 13.0 Å². The summed E-state index contributed by atoms with van der Waals surface area (Å²) in [6, 6.07) is 6.80. The molecule has 1 fully saturated rings. The number of rotatable bonds is 8. The summed E-state index contributed by atoms with van der Waals surface area (Å²) in [5.74, 6) is -5.60. The van der Waals surface area contributed by atoms with E-state index in [1.54, 1.807) is 24.3 Å². The van der Waals surface area contributed by atoms with Crippen molar-refractivity contribution in [3.05, 3.63) is 35.5 Å². The number of para-hydroxylation sites is 1. The lowest BCUT2D eigenvalue weighted by molar-refractivity contribution is -0.367. The molecule has 3 N–H and O–H groups in total. The number of nitrogens with one attached hydrogen (secondary N) is 1. The molecule has 2 heterocycles. The van der Waals surface area contributed by atoms with Gasteiger partial charge < -0.3 is 38.9 Å². The number of hydrogen-bond acceptors (Lipinski definition) is 10. The number of carbonyl (C=O) groups excluding carboxylic acids is 3. The summed E-state index contributed by atoms with van der Waals surface area (Å²) in [4.78, 5) is 50.8. The molecule has 12 nitrogen and oxygen atoms in total. The number of carboxylic acids is 1. The highest BCUT2D eigenvalue weighted by atomic mass is 16.7. The van der Waals surface area contributed by atoms with E-state index in [9.17, 15) is 29.4 Å². The normalized spacial score (nSPS) is 26.2. The predicted molar refractivity (Wildman–Crippen MR) is 117 cm³/mol. The number of aromatic amines is 1. The Kier molecular flexibility index (Phi) is 7.78. The van der Waals surface area contributed by atoms with E-state index in [0.717, 1.165) is 20.8 Å². The summed E-state index contributed by atoms with van der Waals surface area (Å²) in [6.07, 6.45) is -6.20. The molecule has 1 aromatic carbocycles. The van der Waals surface area contributed by atoms with Gasteiger partial charge in [-0.3, -0.25) is 19.2 Å². The third kappa shape index (κ3) is 5.14. The number of fused-ring (bicyclic) bond motifs is 1. The Balaban J connectivity index is 2.34. The number of benzene rings is 1. The number of H-pyrrole nitrogens is 1. The van der Waals surface area contributed by atoms with Gasteiger partial charge in [0.1, 0.15) is 6.10 Å². The fourth-order valence-corrected chi connectivity index (χ4v) is 4.43. The number of aliphatic carboxylic acids is 1. The van der Waals surface area contributed by atoms with Crippen molar-refractivity contribution in [2.24, 2.45) is 0 Å². The zero-order valence-electron chi connectivity index (χ0n) is 19.6. The molecule has 3 rings (SSSR count). The minimum absolute atomic E-state index is 0.168. The summed E-state index contributed by atoms with van der Waals surface area (Å²) in [5, 5.41) is 20.1. The van der Waals surface area contributed by atoms with Gasteiger partial charge in [-0.25, -0.2) is 0 Å². The Morgan fingerprint density at radius 1 is 1.00 bits per heavy atom. The van der Waals surface area contributed by atoms with Crippen LogP contribution in [-0.2, 0) is 55.1 Å². The van der Waals surface area contributed by atoms with Crippen molar-refractivity contribution < 1.29 is 53.1 Å². The van der Waals surface area contributed by atoms with E-state index in [1.807, 2.05) is 0 Å². The van der Waals surface area contributed by atoms with Gasteiger partial charge >= 0.3 is 23.9 Å². The molecule has 1 aliphatic heterocycles. The summed E-state index contributed by atoms with van der Waals surface area (Å²) >= 11 is 0. The van der Waals surface area contributed by atoms with E-state index in [1.165, 1.54) is 7.11 Å². The smallest absolute Gasteiger partial charge is 0.309 e. The van der Waals surface area contributed by atoms with E-state index < -0.39 is 67.1 Å². The molecule has 190 valence electrons. The van der Waals surface area contributed by atoms with Crippen LogP contribution >= 0.6 is 0 Å². The van der Waals surface area contributed by atoms with Gasteiger partial charge in [0.25, 0.3) is 0 Å². The summed E-state index contributed by atoms with van der Waals surface area (Å²) in [5.41, 5.74) is 0.870. The first-order valence-electron chi connectivity index (χ1n) is 10.7. The van der Waals surface area contributed by atoms with Crippen molar-refractivity contribution >= 4 is 34.8 Å². The highest BCUT2D eigenvalue weighted by molar-refractivity contribution is 5.87. The average molecular weight is 493 g/mol. The van der Waals surface area contributed by atoms with Gasteiger partial charge in [-0.15, -0.1) is 0 Å².